The van der Waals surface area contributed by atoms with E-state index in [0.717, 1.165) is 12.8 Å². The number of rotatable bonds is 8. The Morgan fingerprint density at radius 2 is 2.05 bits per heavy atom. The molecule has 6 nitrogen and oxygen atoms in total. The van der Waals surface area contributed by atoms with Crippen LogP contribution in [-0.2, 0) is 4.79 Å². The molecule has 6 heteroatoms. The second kappa shape index (κ2) is 8.27. The molecule has 1 rings (SSSR count). The third-order valence-corrected chi connectivity index (χ3v) is 4.95. The summed E-state index contributed by atoms with van der Waals surface area (Å²) in [5.41, 5.74) is 5.53. The molecule has 1 unspecified atom stereocenters. The van der Waals surface area contributed by atoms with E-state index >= 15 is 0 Å². The number of nitrogens with one attached hydrogen (secondary N) is 1. The van der Waals surface area contributed by atoms with E-state index in [-0.39, 0.29) is 29.6 Å². The molecule has 0 saturated heterocycles. The quantitative estimate of drug-likeness (QED) is 0.404. The molecule has 0 aliphatic heterocycles. The Morgan fingerprint density at radius 1 is 1.45 bits per heavy atom. The Kier molecular flexibility index (Phi) is 7.00. The molecule has 0 aromatic heterocycles. The van der Waals surface area contributed by atoms with E-state index in [9.17, 15) is 15.0 Å². The van der Waals surface area contributed by atoms with Crippen LogP contribution in [0.3, 0.4) is 0 Å². The molecule has 0 radical (unpaired) electrons. The van der Waals surface area contributed by atoms with Crippen molar-refractivity contribution < 1.29 is 15.0 Å². The molecule has 0 aromatic carbocycles. The van der Waals surface area contributed by atoms with Crippen LogP contribution in [0, 0.1) is 29.1 Å². The second-order valence-electron chi connectivity index (χ2n) is 6.21. The maximum Gasteiger partial charge on any atom is 0.309 e. The largest absolute Gasteiger partial charge is 0.481 e. The van der Waals surface area contributed by atoms with Crippen LogP contribution in [0.25, 0.3) is 0 Å². The number of aliphatic hydroxyl groups excluding tert-OH is 1. The van der Waals surface area contributed by atoms with Crippen molar-refractivity contribution >= 4 is 18.0 Å². The fraction of sp³-hybridized carbons (Fsp3) is 0.812. The summed E-state index contributed by atoms with van der Waals surface area (Å²) in [6.45, 7) is 6.01. The summed E-state index contributed by atoms with van der Waals surface area (Å²) in [5, 5.41) is 27.4. The summed E-state index contributed by atoms with van der Waals surface area (Å²) in [6, 6.07) is -0.122. The van der Waals surface area contributed by atoms with Gasteiger partial charge < -0.3 is 15.9 Å². The second-order valence-corrected chi connectivity index (χ2v) is 6.21. The highest BCUT2D eigenvalue weighted by Crippen LogP contribution is 2.44. The van der Waals surface area contributed by atoms with E-state index in [1.165, 1.54) is 0 Å². The molecular weight excluding hydrogens is 282 g/mol. The smallest absolute Gasteiger partial charge is 0.309 e. The standard InChI is InChI=1S/C16H29N3O3/c1-4-9(5-2)14(19-6-3)13-10(8-12(17)18)7-11(15(13)20)16(21)22/h6,9-11,13-15,20H,4-5,7-8H2,1-3H3,(H3,17,18)(H,21,22)/b19-6+/t10-,11-,13+,14?,15+/m0/s1. The highest BCUT2D eigenvalue weighted by Gasteiger charge is 2.50. The minimum atomic E-state index is -0.979. The summed E-state index contributed by atoms with van der Waals surface area (Å²) in [4.78, 5) is 16.0. The van der Waals surface area contributed by atoms with Gasteiger partial charge in [0.15, 0.2) is 0 Å². The van der Waals surface area contributed by atoms with Gasteiger partial charge in [0.05, 0.1) is 23.9 Å². The van der Waals surface area contributed by atoms with Gasteiger partial charge in [0, 0.05) is 12.3 Å². The predicted molar refractivity (Wildman–Crippen MR) is 87.3 cm³/mol. The Bertz CT molecular complexity index is 421. The Labute approximate surface area is 132 Å². The van der Waals surface area contributed by atoms with E-state index in [0.29, 0.717) is 12.8 Å². The van der Waals surface area contributed by atoms with Crippen molar-refractivity contribution in [2.45, 2.75) is 58.6 Å². The minimum absolute atomic E-state index is 0.0389. The van der Waals surface area contributed by atoms with Crippen molar-refractivity contribution in [2.24, 2.45) is 34.4 Å². The summed E-state index contributed by atoms with van der Waals surface area (Å²) in [6.07, 6.45) is 3.32. The predicted octanol–water partition coefficient (Wildman–Crippen LogP) is 1.91. The molecule has 1 saturated carbocycles. The van der Waals surface area contributed by atoms with E-state index < -0.39 is 18.0 Å². The number of hydrogen-bond donors (Lipinski definition) is 4. The van der Waals surface area contributed by atoms with Crippen molar-refractivity contribution in [3.63, 3.8) is 0 Å². The molecule has 0 spiro atoms. The lowest BCUT2D eigenvalue weighted by Crippen LogP contribution is -2.39. The average molecular weight is 311 g/mol. The molecule has 5 atom stereocenters. The lowest BCUT2D eigenvalue weighted by Gasteiger charge is -2.33. The zero-order valence-electron chi connectivity index (χ0n) is 13.7. The zero-order chi connectivity index (χ0) is 16.9. The Morgan fingerprint density at radius 3 is 2.45 bits per heavy atom. The molecule has 5 N–H and O–H groups in total. The maximum atomic E-state index is 11.4. The molecule has 22 heavy (non-hydrogen) atoms. The average Bonchev–Trinajstić information content (AvgIpc) is 2.75. The number of nitrogens with two attached hydrogens (primary N) is 1. The molecular formula is C16H29N3O3. The lowest BCUT2D eigenvalue weighted by atomic mass is 9.77. The van der Waals surface area contributed by atoms with Crippen LogP contribution in [0.5, 0.6) is 0 Å². The number of hydrogen-bond acceptors (Lipinski definition) is 4. The van der Waals surface area contributed by atoms with Crippen LogP contribution in [0.2, 0.25) is 0 Å². The molecule has 0 amide bonds. The number of carboxylic acid groups (broad SMARTS) is 1. The summed E-state index contributed by atoms with van der Waals surface area (Å²) < 4.78 is 0. The third-order valence-electron chi connectivity index (χ3n) is 4.95. The van der Waals surface area contributed by atoms with E-state index in [1.54, 1.807) is 6.21 Å². The number of carboxylic acids is 1. The van der Waals surface area contributed by atoms with Gasteiger partial charge in [-0.25, -0.2) is 0 Å². The third kappa shape index (κ3) is 4.06. The summed E-state index contributed by atoms with van der Waals surface area (Å²) in [5.74, 6) is -1.81. The molecule has 1 fully saturated rings. The Hall–Kier alpha value is -1.43. The monoisotopic (exact) mass is 311 g/mol. The zero-order valence-corrected chi connectivity index (χ0v) is 13.7. The summed E-state index contributed by atoms with van der Waals surface area (Å²) in [7, 11) is 0. The van der Waals surface area contributed by atoms with Gasteiger partial charge >= 0.3 is 5.97 Å². The van der Waals surface area contributed by atoms with Gasteiger partial charge in [-0.15, -0.1) is 0 Å². The molecule has 1 aliphatic rings. The number of aliphatic carboxylic acids is 1. The lowest BCUT2D eigenvalue weighted by molar-refractivity contribution is -0.145. The van der Waals surface area contributed by atoms with Crippen LogP contribution < -0.4 is 5.73 Å². The van der Waals surface area contributed by atoms with Crippen molar-refractivity contribution in [1.29, 1.82) is 5.41 Å². The first kappa shape index (κ1) is 18.6. The van der Waals surface area contributed by atoms with E-state index in [4.69, 9.17) is 11.1 Å². The highest BCUT2D eigenvalue weighted by molar-refractivity contribution is 5.77. The van der Waals surface area contributed by atoms with Crippen LogP contribution in [0.15, 0.2) is 4.99 Å². The van der Waals surface area contributed by atoms with Gasteiger partial charge in [0.2, 0.25) is 0 Å². The van der Waals surface area contributed by atoms with Crippen LogP contribution >= 0.6 is 0 Å². The van der Waals surface area contributed by atoms with Crippen LogP contribution in [0.4, 0.5) is 0 Å². The fourth-order valence-corrected chi connectivity index (χ4v) is 3.88. The topological polar surface area (TPSA) is 120 Å². The van der Waals surface area contributed by atoms with Crippen molar-refractivity contribution in [1.82, 2.24) is 0 Å². The van der Waals surface area contributed by atoms with E-state index in [2.05, 4.69) is 18.8 Å². The van der Waals surface area contributed by atoms with Gasteiger partial charge in [0.1, 0.15) is 0 Å². The molecule has 1 aliphatic carbocycles. The number of nitrogens with zero attached hydrogens (tertiary/aromatic N) is 1. The first-order chi connectivity index (χ1) is 10.4. The van der Waals surface area contributed by atoms with E-state index in [1.807, 2.05) is 6.92 Å². The van der Waals surface area contributed by atoms with Crippen LogP contribution in [-0.4, -0.2) is 40.4 Å². The number of aliphatic hydroxyl groups is 1. The van der Waals surface area contributed by atoms with Gasteiger partial charge in [-0.3, -0.25) is 15.2 Å². The minimum Gasteiger partial charge on any atom is -0.481 e. The number of aliphatic imine (C=N–C) groups is 1. The van der Waals surface area contributed by atoms with Gasteiger partial charge in [-0.05, 0) is 31.4 Å². The Balaban J connectivity index is 3.15. The van der Waals surface area contributed by atoms with Gasteiger partial charge in [0.25, 0.3) is 0 Å². The van der Waals surface area contributed by atoms with Gasteiger partial charge in [-0.2, -0.15) is 0 Å². The van der Waals surface area contributed by atoms with Crippen molar-refractivity contribution in [3.05, 3.63) is 0 Å². The molecule has 126 valence electrons. The fourth-order valence-electron chi connectivity index (χ4n) is 3.88. The first-order valence-corrected chi connectivity index (χ1v) is 8.08. The van der Waals surface area contributed by atoms with Gasteiger partial charge in [-0.1, -0.05) is 26.7 Å². The highest BCUT2D eigenvalue weighted by atomic mass is 16.4. The molecule has 0 heterocycles. The SMILES string of the molecule is C/C=N/C(C(CC)CC)[C@H]1[C@H](CC(=N)N)C[C@H](C(=O)O)[C@H]1O. The summed E-state index contributed by atoms with van der Waals surface area (Å²) >= 11 is 0. The number of amidine groups is 1. The normalized spacial score (nSPS) is 30.0. The molecule has 0 bridgehead atoms. The van der Waals surface area contributed by atoms with Crippen molar-refractivity contribution in [3.8, 4) is 0 Å². The van der Waals surface area contributed by atoms with Crippen molar-refractivity contribution in [2.75, 3.05) is 0 Å². The maximum absolute atomic E-state index is 11.4. The first-order valence-electron chi connectivity index (χ1n) is 8.08. The number of carbonyl (C=O) groups is 1. The molecule has 0 aromatic rings. The van der Waals surface area contributed by atoms with Crippen LogP contribution in [0.1, 0.15) is 46.5 Å².